The molecule has 1 aromatic rings. The summed E-state index contributed by atoms with van der Waals surface area (Å²) >= 11 is 0.996. The van der Waals surface area contributed by atoms with Crippen molar-refractivity contribution in [3.05, 3.63) is 30.1 Å². The number of ether oxygens (including phenoxy) is 1. The Hall–Kier alpha value is -2.09. The Morgan fingerprint density at radius 1 is 1.28 bits per heavy atom. The largest absolute Gasteiger partial charge is 0.481 e. The number of hydrogen-bond acceptors (Lipinski definition) is 5. The maximum absolute atomic E-state index is 13.5. The molecule has 1 N–H and O–H groups in total. The standard InChI is InChI=1S/C17H19FN2O4S/c18-11-5-1-4-8-14(11)24-9-15(21)19-12-6-2-3-7-13(12)20-16(22)10-25-17(20)23/h1,4-5,8,12-13H,2-3,6-7,9-10H2,(H,19,21)/t12-,13-/m1/s1. The van der Waals surface area contributed by atoms with Crippen LogP contribution in [0.15, 0.2) is 24.3 Å². The van der Waals surface area contributed by atoms with Crippen molar-refractivity contribution >= 4 is 28.8 Å². The number of nitrogens with zero attached hydrogens (tertiary/aromatic N) is 1. The van der Waals surface area contributed by atoms with Gasteiger partial charge >= 0.3 is 0 Å². The molecule has 3 amide bonds. The molecular weight excluding hydrogens is 347 g/mol. The summed E-state index contributed by atoms with van der Waals surface area (Å²) in [5.41, 5.74) is 0. The average Bonchev–Trinajstić information content (AvgIpc) is 2.93. The zero-order chi connectivity index (χ0) is 17.8. The van der Waals surface area contributed by atoms with Crippen molar-refractivity contribution in [1.29, 1.82) is 0 Å². The monoisotopic (exact) mass is 366 g/mol. The first kappa shape index (κ1) is 17.7. The second kappa shape index (κ2) is 7.86. The zero-order valence-electron chi connectivity index (χ0n) is 13.6. The van der Waals surface area contributed by atoms with Gasteiger partial charge in [0.2, 0.25) is 5.91 Å². The van der Waals surface area contributed by atoms with Gasteiger partial charge in [0.15, 0.2) is 18.2 Å². The highest BCUT2D eigenvalue weighted by molar-refractivity contribution is 8.14. The van der Waals surface area contributed by atoms with Crippen LogP contribution in [0.5, 0.6) is 5.75 Å². The Bertz CT molecular complexity index is 668. The van der Waals surface area contributed by atoms with E-state index in [-0.39, 0.29) is 41.3 Å². The van der Waals surface area contributed by atoms with Gasteiger partial charge in [-0.05, 0) is 25.0 Å². The molecule has 1 saturated carbocycles. The van der Waals surface area contributed by atoms with E-state index < -0.39 is 11.7 Å². The van der Waals surface area contributed by atoms with Crippen LogP contribution < -0.4 is 10.1 Å². The predicted molar refractivity (Wildman–Crippen MR) is 90.8 cm³/mol. The molecule has 0 spiro atoms. The third kappa shape index (κ3) is 4.12. The van der Waals surface area contributed by atoms with E-state index in [1.54, 1.807) is 6.07 Å². The minimum absolute atomic E-state index is 0.0131. The van der Waals surface area contributed by atoms with Crippen LogP contribution in [0.4, 0.5) is 9.18 Å². The number of rotatable bonds is 5. The number of nitrogens with one attached hydrogen (secondary N) is 1. The Balaban J connectivity index is 1.59. The summed E-state index contributed by atoms with van der Waals surface area (Å²) < 4.78 is 18.7. The number of hydrogen-bond donors (Lipinski definition) is 1. The molecule has 25 heavy (non-hydrogen) atoms. The fraction of sp³-hybridized carbons (Fsp3) is 0.471. The highest BCUT2D eigenvalue weighted by Gasteiger charge is 2.41. The summed E-state index contributed by atoms with van der Waals surface area (Å²) in [5.74, 6) is -0.960. The first-order valence-corrected chi connectivity index (χ1v) is 9.20. The summed E-state index contributed by atoms with van der Waals surface area (Å²) in [4.78, 5) is 37.4. The zero-order valence-corrected chi connectivity index (χ0v) is 14.4. The van der Waals surface area contributed by atoms with Crippen molar-refractivity contribution in [3.8, 4) is 5.75 Å². The number of thioether (sulfide) groups is 1. The fourth-order valence-electron chi connectivity index (χ4n) is 3.23. The van der Waals surface area contributed by atoms with Gasteiger partial charge in [0, 0.05) is 6.04 Å². The molecule has 3 rings (SSSR count). The summed E-state index contributed by atoms with van der Waals surface area (Å²) in [6.07, 6.45) is 3.19. The number of carbonyl (C=O) groups is 3. The van der Waals surface area contributed by atoms with E-state index in [0.29, 0.717) is 12.8 Å². The lowest BCUT2D eigenvalue weighted by Gasteiger charge is -2.36. The van der Waals surface area contributed by atoms with Crippen LogP contribution in [0.3, 0.4) is 0 Å². The number of imide groups is 1. The van der Waals surface area contributed by atoms with Gasteiger partial charge < -0.3 is 10.1 Å². The first-order valence-electron chi connectivity index (χ1n) is 8.22. The Morgan fingerprint density at radius 3 is 2.76 bits per heavy atom. The molecule has 0 unspecified atom stereocenters. The summed E-state index contributed by atoms with van der Waals surface area (Å²) in [6, 6.07) is 5.25. The highest BCUT2D eigenvalue weighted by Crippen LogP contribution is 2.30. The van der Waals surface area contributed by atoms with Gasteiger partial charge in [-0.2, -0.15) is 0 Å². The van der Waals surface area contributed by atoms with Gasteiger partial charge in [0.05, 0.1) is 11.8 Å². The lowest BCUT2D eigenvalue weighted by atomic mass is 9.89. The van der Waals surface area contributed by atoms with Gasteiger partial charge in [0.1, 0.15) is 0 Å². The predicted octanol–water partition coefficient (Wildman–Crippen LogP) is 2.33. The fourth-order valence-corrected chi connectivity index (χ4v) is 3.99. The normalized spacial score (nSPS) is 23.6. The molecule has 0 aromatic heterocycles. The van der Waals surface area contributed by atoms with E-state index in [1.165, 1.54) is 23.1 Å². The van der Waals surface area contributed by atoms with Gasteiger partial charge in [-0.25, -0.2) is 4.39 Å². The molecular formula is C17H19FN2O4S. The van der Waals surface area contributed by atoms with Crippen molar-refractivity contribution in [2.24, 2.45) is 0 Å². The van der Waals surface area contributed by atoms with Crippen LogP contribution in [0.2, 0.25) is 0 Å². The van der Waals surface area contributed by atoms with E-state index in [4.69, 9.17) is 4.74 Å². The van der Waals surface area contributed by atoms with Crippen molar-refractivity contribution in [1.82, 2.24) is 10.2 Å². The molecule has 1 aliphatic heterocycles. The lowest BCUT2D eigenvalue weighted by Crippen LogP contribution is -2.55. The quantitative estimate of drug-likeness (QED) is 0.866. The van der Waals surface area contributed by atoms with E-state index in [1.807, 2.05) is 0 Å². The molecule has 1 heterocycles. The number of halogens is 1. The van der Waals surface area contributed by atoms with E-state index in [2.05, 4.69) is 5.32 Å². The van der Waals surface area contributed by atoms with Gasteiger partial charge in [0.25, 0.3) is 11.1 Å². The summed E-state index contributed by atoms with van der Waals surface area (Å²) in [5, 5.41) is 2.58. The summed E-state index contributed by atoms with van der Waals surface area (Å²) in [7, 11) is 0. The van der Waals surface area contributed by atoms with Crippen molar-refractivity contribution in [2.75, 3.05) is 12.4 Å². The molecule has 134 valence electrons. The van der Waals surface area contributed by atoms with Crippen LogP contribution in [0, 0.1) is 5.82 Å². The maximum Gasteiger partial charge on any atom is 0.289 e. The van der Waals surface area contributed by atoms with Crippen LogP contribution in [0.1, 0.15) is 25.7 Å². The smallest absolute Gasteiger partial charge is 0.289 e. The minimum Gasteiger partial charge on any atom is -0.481 e. The molecule has 1 saturated heterocycles. The number of amides is 3. The van der Waals surface area contributed by atoms with Crippen LogP contribution in [-0.2, 0) is 9.59 Å². The molecule has 6 nitrogen and oxygen atoms in total. The lowest BCUT2D eigenvalue weighted by molar-refractivity contribution is -0.129. The molecule has 2 fully saturated rings. The number of carbonyl (C=O) groups excluding carboxylic acids is 3. The third-order valence-electron chi connectivity index (χ3n) is 4.39. The Labute approximate surface area is 149 Å². The van der Waals surface area contributed by atoms with Crippen LogP contribution in [0.25, 0.3) is 0 Å². The molecule has 0 radical (unpaired) electrons. The molecule has 1 aromatic carbocycles. The number of benzene rings is 1. The topological polar surface area (TPSA) is 75.7 Å². The van der Waals surface area contributed by atoms with Gasteiger partial charge in [-0.1, -0.05) is 36.7 Å². The van der Waals surface area contributed by atoms with Crippen molar-refractivity contribution in [2.45, 2.75) is 37.8 Å². The van der Waals surface area contributed by atoms with E-state index in [0.717, 1.165) is 24.6 Å². The first-order chi connectivity index (χ1) is 12.1. The molecule has 0 bridgehead atoms. The average molecular weight is 366 g/mol. The second-order valence-electron chi connectivity index (χ2n) is 6.06. The Kier molecular flexibility index (Phi) is 5.57. The van der Waals surface area contributed by atoms with Gasteiger partial charge in [-0.3, -0.25) is 19.3 Å². The van der Waals surface area contributed by atoms with Crippen LogP contribution in [-0.4, -0.2) is 46.4 Å². The molecule has 2 aliphatic rings. The minimum atomic E-state index is -0.531. The number of para-hydroxylation sites is 1. The Morgan fingerprint density at radius 2 is 2.04 bits per heavy atom. The van der Waals surface area contributed by atoms with Crippen LogP contribution >= 0.6 is 11.8 Å². The third-order valence-corrected chi connectivity index (χ3v) is 5.22. The highest BCUT2D eigenvalue weighted by atomic mass is 32.2. The second-order valence-corrected chi connectivity index (χ2v) is 6.99. The van der Waals surface area contributed by atoms with Crippen molar-refractivity contribution < 1.29 is 23.5 Å². The SMILES string of the molecule is O=C(COc1ccccc1F)N[C@@H]1CCCC[C@H]1N1C(=O)CSC1=O. The molecule has 1 aliphatic carbocycles. The molecule has 2 atom stereocenters. The van der Waals surface area contributed by atoms with Gasteiger partial charge in [-0.15, -0.1) is 0 Å². The summed E-state index contributed by atoms with van der Waals surface area (Å²) in [6.45, 7) is -0.319. The maximum atomic E-state index is 13.5. The van der Waals surface area contributed by atoms with E-state index >= 15 is 0 Å². The van der Waals surface area contributed by atoms with E-state index in [9.17, 15) is 18.8 Å². The van der Waals surface area contributed by atoms with Crippen molar-refractivity contribution in [3.63, 3.8) is 0 Å². The molecule has 8 heteroatoms.